The lowest BCUT2D eigenvalue weighted by Crippen LogP contribution is -2.41. The molecular weight excluding hydrogens is 332 g/mol. The largest absolute Gasteiger partial charge is 0.497 e. The number of benzene rings is 1. The Bertz CT molecular complexity index is 755. The van der Waals surface area contributed by atoms with Crippen LogP contribution in [0, 0.1) is 5.92 Å². The molecule has 0 aliphatic carbocycles. The topological polar surface area (TPSA) is 64.8 Å². The third kappa shape index (κ3) is 4.48. The molecule has 1 fully saturated rings. The summed E-state index contributed by atoms with van der Waals surface area (Å²) in [5.41, 5.74) is 1.32. The number of hydrogen-bond acceptors (Lipinski definition) is 5. The Kier molecular flexibility index (Phi) is 5.39. The Morgan fingerprint density at radius 2 is 2.04 bits per heavy atom. The van der Waals surface area contributed by atoms with Crippen LogP contribution in [0.2, 0.25) is 0 Å². The van der Waals surface area contributed by atoms with Gasteiger partial charge in [0.15, 0.2) is 5.58 Å². The average Bonchev–Trinajstić information content (AvgIpc) is 3.01. The summed E-state index contributed by atoms with van der Waals surface area (Å²) in [4.78, 5) is 14.0. The lowest BCUT2D eigenvalue weighted by Gasteiger charge is -2.33. The molecule has 1 aliphatic rings. The van der Waals surface area contributed by atoms with Crippen molar-refractivity contribution in [1.82, 2.24) is 10.1 Å². The number of piperidine rings is 1. The summed E-state index contributed by atoms with van der Waals surface area (Å²) in [5, 5.41) is 5.28. The van der Waals surface area contributed by atoms with Crippen LogP contribution in [0.1, 0.15) is 45.7 Å². The number of fused-ring (bicyclic) bond motifs is 1. The second-order valence-corrected chi connectivity index (χ2v) is 7.94. The van der Waals surface area contributed by atoms with Crippen LogP contribution >= 0.6 is 0 Å². The smallest absolute Gasteiger partial charge is 0.410 e. The molecule has 3 rings (SSSR count). The van der Waals surface area contributed by atoms with Crippen LogP contribution in [0.5, 0.6) is 5.75 Å². The summed E-state index contributed by atoms with van der Waals surface area (Å²) in [7, 11) is 1.64. The zero-order valence-corrected chi connectivity index (χ0v) is 16.1. The fraction of sp³-hybridized carbons (Fsp3) is 0.600. The highest BCUT2D eigenvalue weighted by Gasteiger charge is 2.27. The van der Waals surface area contributed by atoms with Crippen molar-refractivity contribution in [2.24, 2.45) is 5.92 Å². The van der Waals surface area contributed by atoms with Gasteiger partial charge in [0, 0.05) is 24.5 Å². The van der Waals surface area contributed by atoms with E-state index in [1.165, 1.54) is 0 Å². The van der Waals surface area contributed by atoms with Gasteiger partial charge in [-0.1, -0.05) is 5.16 Å². The van der Waals surface area contributed by atoms with E-state index >= 15 is 0 Å². The Morgan fingerprint density at radius 3 is 2.69 bits per heavy atom. The first-order chi connectivity index (χ1) is 12.4. The number of amides is 1. The SMILES string of the molecule is COc1ccc2c(CCC3CCN(C(=O)OC(C)(C)C)CC3)noc2c1. The van der Waals surface area contributed by atoms with Gasteiger partial charge in [0.2, 0.25) is 0 Å². The minimum absolute atomic E-state index is 0.201. The van der Waals surface area contributed by atoms with Crippen molar-refractivity contribution < 1.29 is 18.8 Å². The maximum Gasteiger partial charge on any atom is 0.410 e. The molecule has 1 aliphatic heterocycles. The van der Waals surface area contributed by atoms with Crippen LogP contribution < -0.4 is 4.74 Å². The fourth-order valence-electron chi connectivity index (χ4n) is 3.35. The van der Waals surface area contributed by atoms with Crippen LogP contribution in [-0.4, -0.2) is 42.0 Å². The number of rotatable bonds is 4. The Hall–Kier alpha value is -2.24. The van der Waals surface area contributed by atoms with Crippen molar-refractivity contribution in [2.45, 2.75) is 52.1 Å². The predicted octanol–water partition coefficient (Wildman–Crippen LogP) is 4.42. The third-order valence-electron chi connectivity index (χ3n) is 4.81. The van der Waals surface area contributed by atoms with Crippen LogP contribution in [0.3, 0.4) is 0 Å². The van der Waals surface area contributed by atoms with Crippen molar-refractivity contribution in [3.05, 3.63) is 23.9 Å². The molecule has 6 nitrogen and oxygen atoms in total. The van der Waals surface area contributed by atoms with Gasteiger partial charge in [-0.05, 0) is 64.5 Å². The number of carbonyl (C=O) groups is 1. The molecule has 2 aromatic rings. The van der Waals surface area contributed by atoms with Gasteiger partial charge in [-0.2, -0.15) is 0 Å². The van der Waals surface area contributed by atoms with Gasteiger partial charge in [0.1, 0.15) is 11.4 Å². The van der Waals surface area contributed by atoms with E-state index in [1.807, 2.05) is 43.9 Å². The molecule has 1 aromatic carbocycles. The molecule has 0 saturated carbocycles. The zero-order valence-electron chi connectivity index (χ0n) is 16.1. The van der Waals surface area contributed by atoms with E-state index in [9.17, 15) is 4.79 Å². The van der Waals surface area contributed by atoms with Crippen molar-refractivity contribution in [3.8, 4) is 5.75 Å². The molecule has 1 saturated heterocycles. The van der Waals surface area contributed by atoms with Gasteiger partial charge in [-0.3, -0.25) is 0 Å². The lowest BCUT2D eigenvalue weighted by atomic mass is 9.91. The quantitative estimate of drug-likeness (QED) is 0.808. The summed E-state index contributed by atoms with van der Waals surface area (Å²) in [5.74, 6) is 1.37. The van der Waals surface area contributed by atoms with Crippen molar-refractivity contribution in [2.75, 3.05) is 20.2 Å². The van der Waals surface area contributed by atoms with Crippen molar-refractivity contribution in [3.63, 3.8) is 0 Å². The molecule has 2 heterocycles. The minimum atomic E-state index is -0.440. The number of ether oxygens (including phenoxy) is 2. The molecule has 26 heavy (non-hydrogen) atoms. The number of nitrogens with zero attached hydrogens (tertiary/aromatic N) is 2. The molecular formula is C20H28N2O4. The van der Waals surface area contributed by atoms with E-state index in [2.05, 4.69) is 5.16 Å². The maximum absolute atomic E-state index is 12.1. The standard InChI is InChI=1S/C20H28N2O4/c1-20(2,3)25-19(23)22-11-9-14(10-12-22)5-8-17-16-7-6-15(24-4)13-18(16)26-21-17/h6-7,13-14H,5,8-12H2,1-4H3. The normalized spacial score (nSPS) is 16.1. The summed E-state index contributed by atoms with van der Waals surface area (Å²) in [6.07, 6.45) is 3.74. The molecule has 0 bridgehead atoms. The molecule has 1 amide bonds. The molecule has 0 unspecified atom stereocenters. The highest BCUT2D eigenvalue weighted by atomic mass is 16.6. The van der Waals surface area contributed by atoms with Gasteiger partial charge < -0.3 is 18.9 Å². The van der Waals surface area contributed by atoms with Gasteiger partial charge in [-0.25, -0.2) is 4.79 Å². The maximum atomic E-state index is 12.1. The summed E-state index contributed by atoms with van der Waals surface area (Å²) >= 11 is 0. The molecule has 0 N–H and O–H groups in total. The first-order valence-corrected chi connectivity index (χ1v) is 9.26. The van der Waals surface area contributed by atoms with Crippen LogP contribution in [0.15, 0.2) is 22.7 Å². The zero-order chi connectivity index (χ0) is 18.7. The second kappa shape index (κ2) is 7.56. The molecule has 0 atom stereocenters. The predicted molar refractivity (Wildman–Crippen MR) is 99.4 cm³/mol. The Labute approximate surface area is 154 Å². The monoisotopic (exact) mass is 360 g/mol. The van der Waals surface area contributed by atoms with E-state index in [0.29, 0.717) is 5.92 Å². The first-order valence-electron chi connectivity index (χ1n) is 9.26. The van der Waals surface area contributed by atoms with Gasteiger partial charge in [-0.15, -0.1) is 0 Å². The minimum Gasteiger partial charge on any atom is -0.497 e. The number of carbonyl (C=O) groups excluding carboxylic acids is 1. The number of aromatic nitrogens is 1. The van der Waals surface area contributed by atoms with E-state index < -0.39 is 5.60 Å². The molecule has 1 aromatic heterocycles. The van der Waals surface area contributed by atoms with Gasteiger partial charge >= 0.3 is 6.09 Å². The van der Waals surface area contributed by atoms with Crippen LogP contribution in [0.4, 0.5) is 4.79 Å². The number of methoxy groups -OCH3 is 1. The molecule has 142 valence electrons. The molecule has 6 heteroatoms. The van der Waals surface area contributed by atoms with Gasteiger partial charge in [0.25, 0.3) is 0 Å². The van der Waals surface area contributed by atoms with Crippen LogP contribution in [0.25, 0.3) is 11.0 Å². The lowest BCUT2D eigenvalue weighted by molar-refractivity contribution is 0.0181. The van der Waals surface area contributed by atoms with E-state index in [0.717, 1.165) is 61.2 Å². The number of hydrogen-bond donors (Lipinski definition) is 0. The highest BCUT2D eigenvalue weighted by molar-refractivity contribution is 5.80. The second-order valence-electron chi connectivity index (χ2n) is 7.94. The fourth-order valence-corrected chi connectivity index (χ4v) is 3.35. The average molecular weight is 360 g/mol. The van der Waals surface area contributed by atoms with Crippen molar-refractivity contribution in [1.29, 1.82) is 0 Å². The summed E-state index contributed by atoms with van der Waals surface area (Å²) in [6, 6.07) is 5.80. The van der Waals surface area contributed by atoms with E-state index in [1.54, 1.807) is 7.11 Å². The Morgan fingerprint density at radius 1 is 1.31 bits per heavy atom. The van der Waals surface area contributed by atoms with Crippen molar-refractivity contribution >= 4 is 17.1 Å². The molecule has 0 radical (unpaired) electrons. The summed E-state index contributed by atoms with van der Waals surface area (Å²) < 4.78 is 16.1. The number of aryl methyl sites for hydroxylation is 1. The van der Waals surface area contributed by atoms with Gasteiger partial charge in [0.05, 0.1) is 12.8 Å². The first kappa shape index (κ1) is 18.5. The van der Waals surface area contributed by atoms with E-state index in [4.69, 9.17) is 14.0 Å². The van der Waals surface area contributed by atoms with E-state index in [-0.39, 0.29) is 6.09 Å². The molecule has 0 spiro atoms. The third-order valence-corrected chi connectivity index (χ3v) is 4.81. The Balaban J connectivity index is 1.50. The summed E-state index contributed by atoms with van der Waals surface area (Å²) in [6.45, 7) is 7.22. The number of likely N-dealkylation sites (tertiary alicyclic amines) is 1. The highest BCUT2D eigenvalue weighted by Crippen LogP contribution is 2.27. The van der Waals surface area contributed by atoms with Crippen LogP contribution in [-0.2, 0) is 11.2 Å².